The van der Waals surface area contributed by atoms with Crippen LogP contribution in [0.2, 0.25) is 0 Å². The molecule has 1 unspecified atom stereocenters. The Bertz CT molecular complexity index is 598. The van der Waals surface area contributed by atoms with Crippen LogP contribution in [0.15, 0.2) is 29.3 Å². The topological polar surface area (TPSA) is 58.1 Å². The summed E-state index contributed by atoms with van der Waals surface area (Å²) in [5.41, 5.74) is 1.18. The fraction of sp³-hybridized carbons (Fsp3) is 0.682. The van der Waals surface area contributed by atoms with Crippen molar-refractivity contribution in [1.29, 1.82) is 0 Å². The van der Waals surface area contributed by atoms with Gasteiger partial charge < -0.3 is 25.0 Å². The SMILES string of the molecule is CCNC(=NCC1CCN(c2ccccc2OC)C1)NCCCOCC(C)C.I. The third-order valence-electron chi connectivity index (χ3n) is 4.77. The zero-order valence-corrected chi connectivity index (χ0v) is 20.8. The Labute approximate surface area is 193 Å². The summed E-state index contributed by atoms with van der Waals surface area (Å²) in [6.45, 7) is 12.7. The van der Waals surface area contributed by atoms with Gasteiger partial charge in [0.1, 0.15) is 5.75 Å². The maximum Gasteiger partial charge on any atom is 0.191 e. The summed E-state index contributed by atoms with van der Waals surface area (Å²) >= 11 is 0. The number of benzene rings is 1. The Morgan fingerprint density at radius 1 is 1.28 bits per heavy atom. The molecular formula is C22H39IN4O2. The lowest BCUT2D eigenvalue weighted by Crippen LogP contribution is -2.38. The minimum absolute atomic E-state index is 0. The third-order valence-corrected chi connectivity index (χ3v) is 4.77. The van der Waals surface area contributed by atoms with E-state index in [9.17, 15) is 0 Å². The quantitative estimate of drug-likeness (QED) is 0.202. The molecule has 1 aliphatic heterocycles. The van der Waals surface area contributed by atoms with Gasteiger partial charge in [-0.3, -0.25) is 4.99 Å². The summed E-state index contributed by atoms with van der Waals surface area (Å²) in [7, 11) is 1.74. The average molecular weight is 518 g/mol. The third kappa shape index (κ3) is 9.42. The number of guanidine groups is 1. The molecule has 29 heavy (non-hydrogen) atoms. The molecule has 0 bridgehead atoms. The minimum atomic E-state index is 0. The molecule has 1 fully saturated rings. The minimum Gasteiger partial charge on any atom is -0.495 e. The Balaban J connectivity index is 0.00000420. The molecule has 0 spiro atoms. The first-order valence-electron chi connectivity index (χ1n) is 10.6. The normalized spacial score (nSPS) is 16.7. The molecule has 1 heterocycles. The molecule has 2 rings (SSSR count). The van der Waals surface area contributed by atoms with E-state index in [0.717, 1.165) is 70.5 Å². The van der Waals surface area contributed by atoms with Gasteiger partial charge in [-0.05, 0) is 43.7 Å². The van der Waals surface area contributed by atoms with Gasteiger partial charge in [-0.1, -0.05) is 26.0 Å². The molecule has 0 aliphatic carbocycles. The summed E-state index contributed by atoms with van der Waals surface area (Å²) in [6.07, 6.45) is 2.14. The number of ether oxygens (including phenoxy) is 2. The Morgan fingerprint density at radius 2 is 2.07 bits per heavy atom. The number of aliphatic imine (C=N–C) groups is 1. The first kappa shape index (κ1) is 25.8. The zero-order chi connectivity index (χ0) is 20.2. The molecule has 1 saturated heterocycles. The van der Waals surface area contributed by atoms with E-state index in [1.165, 1.54) is 5.69 Å². The van der Waals surface area contributed by atoms with Gasteiger partial charge in [0.15, 0.2) is 5.96 Å². The lowest BCUT2D eigenvalue weighted by molar-refractivity contribution is 0.108. The Morgan fingerprint density at radius 3 is 2.79 bits per heavy atom. The van der Waals surface area contributed by atoms with Crippen LogP contribution in [0.25, 0.3) is 0 Å². The summed E-state index contributed by atoms with van der Waals surface area (Å²) in [4.78, 5) is 7.22. The van der Waals surface area contributed by atoms with Gasteiger partial charge in [-0.15, -0.1) is 24.0 Å². The van der Waals surface area contributed by atoms with Crippen LogP contribution in [0, 0.1) is 11.8 Å². The van der Waals surface area contributed by atoms with Crippen LogP contribution < -0.4 is 20.3 Å². The van der Waals surface area contributed by atoms with Gasteiger partial charge in [-0.25, -0.2) is 0 Å². The maximum absolute atomic E-state index is 5.63. The molecule has 0 aromatic heterocycles. The molecule has 0 radical (unpaired) electrons. The molecule has 6 nitrogen and oxygen atoms in total. The van der Waals surface area contributed by atoms with E-state index in [4.69, 9.17) is 14.5 Å². The standard InChI is InChI=1S/C22H38N4O2.HI/c1-5-23-22(24-12-8-14-28-17-18(2)3)25-15-19-11-13-26(16-19)20-9-6-7-10-21(20)27-4;/h6-7,9-10,18-19H,5,8,11-17H2,1-4H3,(H2,23,24,25);1H. The van der Waals surface area contributed by atoms with Crippen molar-refractivity contribution in [3.05, 3.63) is 24.3 Å². The van der Waals surface area contributed by atoms with E-state index >= 15 is 0 Å². The van der Waals surface area contributed by atoms with Crippen molar-refractivity contribution in [1.82, 2.24) is 10.6 Å². The van der Waals surface area contributed by atoms with Gasteiger partial charge in [0.25, 0.3) is 0 Å². The molecular weight excluding hydrogens is 479 g/mol. The van der Waals surface area contributed by atoms with Crippen molar-refractivity contribution < 1.29 is 9.47 Å². The largest absolute Gasteiger partial charge is 0.495 e. The molecule has 1 aromatic carbocycles. The summed E-state index contributed by atoms with van der Waals surface area (Å²) in [6, 6.07) is 8.25. The number of methoxy groups -OCH3 is 1. The lowest BCUT2D eigenvalue weighted by atomic mass is 10.1. The second-order valence-electron chi connectivity index (χ2n) is 7.74. The summed E-state index contributed by atoms with van der Waals surface area (Å²) in [5.74, 6) is 3.01. The lowest BCUT2D eigenvalue weighted by Gasteiger charge is -2.21. The molecule has 2 N–H and O–H groups in total. The van der Waals surface area contributed by atoms with Crippen molar-refractivity contribution in [2.24, 2.45) is 16.8 Å². The first-order valence-corrected chi connectivity index (χ1v) is 10.6. The molecule has 166 valence electrons. The van der Waals surface area contributed by atoms with E-state index in [1.54, 1.807) is 7.11 Å². The zero-order valence-electron chi connectivity index (χ0n) is 18.4. The van der Waals surface area contributed by atoms with Crippen molar-refractivity contribution in [3.63, 3.8) is 0 Å². The number of anilines is 1. The summed E-state index contributed by atoms with van der Waals surface area (Å²) < 4.78 is 11.1. The predicted molar refractivity (Wildman–Crippen MR) is 133 cm³/mol. The fourth-order valence-electron chi connectivity index (χ4n) is 3.35. The van der Waals surface area contributed by atoms with Crippen LogP contribution in [-0.4, -0.2) is 59.0 Å². The highest BCUT2D eigenvalue weighted by atomic mass is 127. The second kappa shape index (κ2) is 14.7. The highest BCUT2D eigenvalue weighted by molar-refractivity contribution is 14.0. The van der Waals surface area contributed by atoms with Gasteiger partial charge in [0.05, 0.1) is 12.8 Å². The maximum atomic E-state index is 5.63. The Kier molecular flexibility index (Phi) is 13.1. The molecule has 1 aliphatic rings. The van der Waals surface area contributed by atoms with E-state index in [1.807, 2.05) is 12.1 Å². The number of hydrogen-bond acceptors (Lipinski definition) is 4. The van der Waals surface area contributed by atoms with Gasteiger partial charge >= 0.3 is 0 Å². The smallest absolute Gasteiger partial charge is 0.191 e. The Hall–Kier alpha value is -1.22. The monoisotopic (exact) mass is 518 g/mol. The molecule has 1 aromatic rings. The number of halogens is 1. The molecule has 7 heteroatoms. The number of hydrogen-bond donors (Lipinski definition) is 2. The van der Waals surface area contributed by atoms with E-state index in [0.29, 0.717) is 11.8 Å². The number of para-hydroxylation sites is 2. The van der Waals surface area contributed by atoms with Crippen molar-refractivity contribution in [2.75, 3.05) is 57.9 Å². The molecule has 1 atom stereocenters. The number of nitrogens with one attached hydrogen (secondary N) is 2. The van der Waals surface area contributed by atoms with Crippen LogP contribution in [-0.2, 0) is 4.74 Å². The van der Waals surface area contributed by atoms with Crippen LogP contribution >= 0.6 is 24.0 Å². The first-order chi connectivity index (χ1) is 13.6. The van der Waals surface area contributed by atoms with Crippen LogP contribution in [0.3, 0.4) is 0 Å². The predicted octanol–water partition coefficient (Wildman–Crippen LogP) is 3.76. The highest BCUT2D eigenvalue weighted by Gasteiger charge is 2.24. The van der Waals surface area contributed by atoms with Crippen molar-refractivity contribution in [3.8, 4) is 5.75 Å². The number of nitrogens with zero attached hydrogens (tertiary/aromatic N) is 2. The van der Waals surface area contributed by atoms with Crippen LogP contribution in [0.5, 0.6) is 5.75 Å². The van der Waals surface area contributed by atoms with Gasteiger partial charge in [0, 0.05) is 45.9 Å². The van der Waals surface area contributed by atoms with Crippen molar-refractivity contribution in [2.45, 2.75) is 33.6 Å². The van der Waals surface area contributed by atoms with E-state index < -0.39 is 0 Å². The van der Waals surface area contributed by atoms with Crippen molar-refractivity contribution >= 4 is 35.6 Å². The van der Waals surface area contributed by atoms with Gasteiger partial charge in [-0.2, -0.15) is 0 Å². The molecule has 0 saturated carbocycles. The number of rotatable bonds is 11. The molecule has 0 amide bonds. The fourth-order valence-corrected chi connectivity index (χ4v) is 3.35. The van der Waals surface area contributed by atoms with Gasteiger partial charge in [0.2, 0.25) is 0 Å². The summed E-state index contributed by atoms with van der Waals surface area (Å²) in [5, 5.41) is 6.76. The highest BCUT2D eigenvalue weighted by Crippen LogP contribution is 2.31. The van der Waals surface area contributed by atoms with Crippen LogP contribution in [0.1, 0.15) is 33.6 Å². The van der Waals surface area contributed by atoms with Crippen LogP contribution in [0.4, 0.5) is 5.69 Å². The average Bonchev–Trinajstić information content (AvgIpc) is 3.17. The second-order valence-corrected chi connectivity index (χ2v) is 7.74. The van der Waals surface area contributed by atoms with E-state index in [2.05, 4.69) is 48.4 Å². The van der Waals surface area contributed by atoms with E-state index in [-0.39, 0.29) is 24.0 Å².